The molecular formula is C24H24ClNO. The van der Waals surface area contributed by atoms with Crippen molar-refractivity contribution in [1.29, 1.82) is 0 Å². The quantitative estimate of drug-likeness (QED) is 0.476. The molecule has 0 saturated heterocycles. The number of carbonyl (C=O) groups excluding carboxylic acids is 1. The summed E-state index contributed by atoms with van der Waals surface area (Å²) in [5.41, 5.74) is 3.06. The van der Waals surface area contributed by atoms with E-state index in [0.29, 0.717) is 11.4 Å². The van der Waals surface area contributed by atoms with E-state index >= 15 is 0 Å². The molecule has 0 heterocycles. The predicted molar refractivity (Wildman–Crippen MR) is 113 cm³/mol. The zero-order valence-corrected chi connectivity index (χ0v) is 16.2. The van der Waals surface area contributed by atoms with Crippen LogP contribution in [0.1, 0.15) is 42.9 Å². The third-order valence-corrected chi connectivity index (χ3v) is 4.91. The zero-order chi connectivity index (χ0) is 19.1. The van der Waals surface area contributed by atoms with Crippen LogP contribution in [0.25, 0.3) is 0 Å². The van der Waals surface area contributed by atoms with E-state index in [1.54, 1.807) is 0 Å². The van der Waals surface area contributed by atoms with Crippen LogP contribution in [0, 0.1) is 0 Å². The van der Waals surface area contributed by atoms with E-state index in [1.165, 1.54) is 0 Å². The Morgan fingerprint density at radius 1 is 0.852 bits per heavy atom. The molecule has 3 rings (SSSR count). The smallest absolute Gasteiger partial charge is 0.142 e. The molecule has 0 amide bonds. The summed E-state index contributed by atoms with van der Waals surface area (Å²) in [5.74, 6) is -0.0281. The number of carbonyl (C=O) groups is 1. The second-order valence-corrected chi connectivity index (χ2v) is 7.08. The molecule has 0 saturated carbocycles. The second kappa shape index (κ2) is 9.38. The number of Topliss-reactive ketones (excluding diaryl/α,β-unsaturated/α-hetero) is 1. The lowest BCUT2D eigenvalue weighted by Crippen LogP contribution is -2.26. The molecule has 2 unspecified atom stereocenters. The van der Waals surface area contributed by atoms with Crippen LogP contribution in [0.5, 0.6) is 0 Å². The Kier molecular flexibility index (Phi) is 6.67. The van der Waals surface area contributed by atoms with Crippen molar-refractivity contribution in [2.45, 2.75) is 31.7 Å². The van der Waals surface area contributed by atoms with Gasteiger partial charge in [-0.2, -0.15) is 0 Å². The Bertz CT molecular complexity index is 847. The average Bonchev–Trinajstić information content (AvgIpc) is 2.70. The summed E-state index contributed by atoms with van der Waals surface area (Å²) in [6.45, 7) is 2.04. The summed E-state index contributed by atoms with van der Waals surface area (Å²) in [7, 11) is 0. The van der Waals surface area contributed by atoms with Crippen LogP contribution >= 0.6 is 11.6 Å². The lowest BCUT2D eigenvalue weighted by molar-refractivity contribution is -0.120. The molecule has 2 nitrogen and oxygen atoms in total. The van der Waals surface area contributed by atoms with Gasteiger partial charge in [-0.15, -0.1) is 0 Å². The molecule has 0 spiro atoms. The van der Waals surface area contributed by atoms with Crippen molar-refractivity contribution in [3.63, 3.8) is 0 Å². The van der Waals surface area contributed by atoms with Crippen LogP contribution in [0.2, 0.25) is 5.02 Å². The number of benzene rings is 3. The molecule has 3 aromatic carbocycles. The number of rotatable bonds is 8. The highest BCUT2D eigenvalue weighted by Crippen LogP contribution is 2.36. The van der Waals surface area contributed by atoms with Crippen LogP contribution in [0.15, 0.2) is 84.9 Å². The highest BCUT2D eigenvalue weighted by Gasteiger charge is 2.30. The molecule has 0 aliphatic rings. The molecule has 0 aromatic heterocycles. The summed E-state index contributed by atoms with van der Waals surface area (Å²) in [6, 6.07) is 27.6. The van der Waals surface area contributed by atoms with E-state index in [2.05, 4.69) is 5.32 Å². The standard InChI is InChI=1S/C24H24ClNO/c1-2-9-22(27)23(18-10-5-3-6-11-18)24(19-14-16-20(25)17-15-19)26-21-12-7-4-8-13-21/h3-8,10-17,23-24,26H,2,9H2,1H3. The minimum atomic E-state index is -0.271. The Labute approximate surface area is 166 Å². The Morgan fingerprint density at radius 3 is 2.04 bits per heavy atom. The van der Waals surface area contributed by atoms with Gasteiger partial charge in [-0.3, -0.25) is 4.79 Å². The lowest BCUT2D eigenvalue weighted by Gasteiger charge is -2.29. The maximum Gasteiger partial charge on any atom is 0.142 e. The fourth-order valence-electron chi connectivity index (χ4n) is 3.37. The second-order valence-electron chi connectivity index (χ2n) is 6.64. The number of halogens is 1. The van der Waals surface area contributed by atoms with Gasteiger partial charge in [0, 0.05) is 17.1 Å². The minimum Gasteiger partial charge on any atom is -0.377 e. The topological polar surface area (TPSA) is 29.1 Å². The van der Waals surface area contributed by atoms with E-state index in [9.17, 15) is 4.79 Å². The van der Waals surface area contributed by atoms with Gasteiger partial charge < -0.3 is 5.32 Å². The molecule has 138 valence electrons. The number of nitrogens with one attached hydrogen (secondary N) is 1. The van der Waals surface area contributed by atoms with Gasteiger partial charge in [0.1, 0.15) is 5.78 Å². The van der Waals surface area contributed by atoms with E-state index < -0.39 is 0 Å². The predicted octanol–water partition coefficient (Wildman–Crippen LogP) is 6.65. The Morgan fingerprint density at radius 2 is 1.44 bits per heavy atom. The fraction of sp³-hybridized carbons (Fsp3) is 0.208. The van der Waals surface area contributed by atoms with Gasteiger partial charge in [-0.05, 0) is 41.8 Å². The fourth-order valence-corrected chi connectivity index (χ4v) is 3.50. The largest absolute Gasteiger partial charge is 0.377 e. The van der Waals surface area contributed by atoms with Crippen molar-refractivity contribution >= 4 is 23.1 Å². The van der Waals surface area contributed by atoms with Crippen LogP contribution in [0.3, 0.4) is 0 Å². The molecule has 3 aromatic rings. The number of hydrogen-bond donors (Lipinski definition) is 1. The summed E-state index contributed by atoms with van der Waals surface area (Å²) >= 11 is 6.10. The first-order valence-corrected chi connectivity index (χ1v) is 9.71. The first kappa shape index (κ1) is 19.2. The Hall–Kier alpha value is -2.58. The first-order valence-electron chi connectivity index (χ1n) is 9.33. The summed E-state index contributed by atoms with van der Waals surface area (Å²) in [6.07, 6.45) is 1.39. The van der Waals surface area contributed by atoms with Gasteiger partial charge in [-0.25, -0.2) is 0 Å². The van der Waals surface area contributed by atoms with Crippen molar-refractivity contribution in [1.82, 2.24) is 0 Å². The summed E-state index contributed by atoms with van der Waals surface area (Å²) in [5, 5.41) is 4.28. The molecule has 0 aliphatic carbocycles. The molecule has 0 bridgehead atoms. The highest BCUT2D eigenvalue weighted by atomic mass is 35.5. The monoisotopic (exact) mass is 377 g/mol. The zero-order valence-electron chi connectivity index (χ0n) is 15.4. The molecule has 1 N–H and O–H groups in total. The van der Waals surface area contributed by atoms with Crippen molar-refractivity contribution in [2.24, 2.45) is 0 Å². The number of ketones is 1. The SMILES string of the molecule is CCCC(=O)C(c1ccccc1)C(Nc1ccccc1)c1ccc(Cl)cc1. The highest BCUT2D eigenvalue weighted by molar-refractivity contribution is 6.30. The van der Waals surface area contributed by atoms with Gasteiger partial charge in [0.25, 0.3) is 0 Å². The molecule has 2 atom stereocenters. The molecular weight excluding hydrogens is 354 g/mol. The van der Waals surface area contributed by atoms with Crippen molar-refractivity contribution in [3.8, 4) is 0 Å². The van der Waals surface area contributed by atoms with Gasteiger partial charge >= 0.3 is 0 Å². The van der Waals surface area contributed by atoms with E-state index in [1.807, 2.05) is 91.9 Å². The number of para-hydroxylation sites is 1. The van der Waals surface area contributed by atoms with E-state index in [4.69, 9.17) is 11.6 Å². The van der Waals surface area contributed by atoms with Crippen LogP contribution < -0.4 is 5.32 Å². The van der Waals surface area contributed by atoms with Crippen molar-refractivity contribution in [2.75, 3.05) is 5.32 Å². The van der Waals surface area contributed by atoms with Crippen LogP contribution in [-0.2, 0) is 4.79 Å². The average molecular weight is 378 g/mol. The summed E-state index contributed by atoms with van der Waals surface area (Å²) < 4.78 is 0. The number of hydrogen-bond acceptors (Lipinski definition) is 2. The maximum absolute atomic E-state index is 13.1. The molecule has 0 fully saturated rings. The van der Waals surface area contributed by atoms with Gasteiger partial charge in [0.15, 0.2) is 0 Å². The third kappa shape index (κ3) is 4.99. The van der Waals surface area contributed by atoms with E-state index in [-0.39, 0.29) is 17.7 Å². The van der Waals surface area contributed by atoms with Gasteiger partial charge in [0.2, 0.25) is 0 Å². The van der Waals surface area contributed by atoms with Gasteiger partial charge in [0.05, 0.1) is 12.0 Å². The third-order valence-electron chi connectivity index (χ3n) is 4.66. The first-order chi connectivity index (χ1) is 13.2. The lowest BCUT2D eigenvalue weighted by atomic mass is 9.82. The Balaban J connectivity index is 2.06. The minimum absolute atomic E-state index is 0.175. The van der Waals surface area contributed by atoms with Crippen LogP contribution in [-0.4, -0.2) is 5.78 Å². The number of anilines is 1. The van der Waals surface area contributed by atoms with Crippen LogP contribution in [0.4, 0.5) is 5.69 Å². The molecule has 27 heavy (non-hydrogen) atoms. The molecule has 0 aliphatic heterocycles. The van der Waals surface area contributed by atoms with Crippen molar-refractivity contribution in [3.05, 3.63) is 101 Å². The molecule has 0 radical (unpaired) electrons. The van der Waals surface area contributed by atoms with E-state index in [0.717, 1.165) is 23.2 Å². The van der Waals surface area contributed by atoms with Gasteiger partial charge in [-0.1, -0.05) is 79.2 Å². The maximum atomic E-state index is 13.1. The molecule has 3 heteroatoms. The summed E-state index contributed by atoms with van der Waals surface area (Å²) in [4.78, 5) is 13.1. The van der Waals surface area contributed by atoms with Crippen molar-refractivity contribution < 1.29 is 4.79 Å². The normalized spacial score (nSPS) is 13.0.